The van der Waals surface area contributed by atoms with Crippen LogP contribution in [0.2, 0.25) is 5.02 Å². The zero-order valence-corrected chi connectivity index (χ0v) is 13.9. The van der Waals surface area contributed by atoms with Gasteiger partial charge in [0.2, 0.25) is 0 Å². The molecule has 0 aliphatic rings. The molecule has 1 aromatic heterocycles. The second-order valence-electron chi connectivity index (χ2n) is 5.73. The molecule has 0 saturated heterocycles. The number of benzene rings is 2. The lowest BCUT2D eigenvalue weighted by atomic mass is 10.0. The van der Waals surface area contributed by atoms with Gasteiger partial charge >= 0.3 is 0 Å². The Morgan fingerprint density at radius 3 is 2.48 bits per heavy atom. The van der Waals surface area contributed by atoms with Gasteiger partial charge in [0.1, 0.15) is 5.82 Å². The minimum absolute atomic E-state index is 0.134. The molecular weight excluding hydrogens is 312 g/mol. The Bertz CT molecular complexity index is 944. The fourth-order valence-electron chi connectivity index (χ4n) is 2.73. The molecular formula is C18H17ClN2O2. The van der Waals surface area contributed by atoms with Gasteiger partial charge in [-0.2, -0.15) is 0 Å². The molecule has 23 heavy (non-hydrogen) atoms. The Morgan fingerprint density at radius 1 is 1.22 bits per heavy atom. The number of fused-ring (bicyclic) bond motifs is 1. The lowest BCUT2D eigenvalue weighted by molar-refractivity contribution is 0.200. The molecule has 3 aromatic rings. The normalized spacial score (nSPS) is 12.6. The average molecular weight is 329 g/mol. The Morgan fingerprint density at radius 2 is 1.87 bits per heavy atom. The molecule has 3 rings (SSSR count). The zero-order chi connectivity index (χ0) is 16.7. The summed E-state index contributed by atoms with van der Waals surface area (Å²) in [6, 6.07) is 10.8. The summed E-state index contributed by atoms with van der Waals surface area (Å²) in [6.07, 6.45) is -0.699. The standard InChI is InChI=1S/C18H17ClN2O2/c1-10-8-14(11(2)22)16-15(9-10)18(23)21(3)17(20-16)12-4-6-13(19)7-5-12/h4-9,11,22H,1-3H3. The summed E-state index contributed by atoms with van der Waals surface area (Å²) in [7, 11) is 1.70. The van der Waals surface area contributed by atoms with Crippen molar-refractivity contribution in [3.63, 3.8) is 0 Å². The van der Waals surface area contributed by atoms with E-state index >= 15 is 0 Å². The number of rotatable bonds is 2. The minimum Gasteiger partial charge on any atom is -0.389 e. The van der Waals surface area contributed by atoms with Crippen molar-refractivity contribution in [1.82, 2.24) is 9.55 Å². The Kier molecular flexibility index (Phi) is 3.96. The highest BCUT2D eigenvalue weighted by molar-refractivity contribution is 6.30. The van der Waals surface area contributed by atoms with Crippen LogP contribution in [0.4, 0.5) is 0 Å². The number of hydrogen-bond acceptors (Lipinski definition) is 3. The van der Waals surface area contributed by atoms with E-state index in [0.29, 0.717) is 27.3 Å². The molecule has 1 heterocycles. The molecule has 0 radical (unpaired) electrons. The third-order valence-electron chi connectivity index (χ3n) is 3.91. The highest BCUT2D eigenvalue weighted by Gasteiger charge is 2.15. The summed E-state index contributed by atoms with van der Waals surface area (Å²) in [5, 5.41) is 11.2. The second kappa shape index (κ2) is 5.80. The van der Waals surface area contributed by atoms with Crippen molar-refractivity contribution in [2.24, 2.45) is 7.05 Å². The molecule has 0 aliphatic carbocycles. The molecule has 118 valence electrons. The van der Waals surface area contributed by atoms with Crippen LogP contribution in [0.25, 0.3) is 22.3 Å². The maximum absolute atomic E-state index is 12.7. The molecule has 0 aliphatic heterocycles. The van der Waals surface area contributed by atoms with Crippen molar-refractivity contribution in [3.05, 3.63) is 62.9 Å². The van der Waals surface area contributed by atoms with Gasteiger partial charge in [-0.15, -0.1) is 0 Å². The van der Waals surface area contributed by atoms with Crippen LogP contribution in [0.1, 0.15) is 24.2 Å². The number of hydrogen-bond donors (Lipinski definition) is 1. The van der Waals surface area contributed by atoms with E-state index in [2.05, 4.69) is 4.98 Å². The maximum atomic E-state index is 12.7. The molecule has 0 amide bonds. The molecule has 0 saturated carbocycles. The second-order valence-corrected chi connectivity index (χ2v) is 6.17. The van der Waals surface area contributed by atoms with Gasteiger partial charge < -0.3 is 5.11 Å². The highest BCUT2D eigenvalue weighted by Crippen LogP contribution is 2.26. The Balaban J connectivity index is 2.39. The Labute approximate surface area is 139 Å². The summed E-state index contributed by atoms with van der Waals surface area (Å²) < 4.78 is 1.52. The summed E-state index contributed by atoms with van der Waals surface area (Å²) in [5.41, 5.74) is 2.79. The van der Waals surface area contributed by atoms with Crippen molar-refractivity contribution in [2.75, 3.05) is 0 Å². The van der Waals surface area contributed by atoms with Crippen molar-refractivity contribution >= 4 is 22.5 Å². The highest BCUT2D eigenvalue weighted by atomic mass is 35.5. The number of halogens is 1. The van der Waals surface area contributed by atoms with E-state index in [1.807, 2.05) is 31.2 Å². The largest absolute Gasteiger partial charge is 0.389 e. The Hall–Kier alpha value is -2.17. The monoisotopic (exact) mass is 328 g/mol. The first-order chi connectivity index (χ1) is 10.9. The average Bonchev–Trinajstić information content (AvgIpc) is 2.51. The van der Waals surface area contributed by atoms with E-state index in [1.165, 1.54) is 4.57 Å². The van der Waals surface area contributed by atoms with Crippen molar-refractivity contribution in [1.29, 1.82) is 0 Å². The summed E-state index contributed by atoms with van der Waals surface area (Å²) >= 11 is 5.93. The van der Waals surface area contributed by atoms with Crippen LogP contribution in [0.15, 0.2) is 41.2 Å². The third kappa shape index (κ3) is 2.76. The first-order valence-corrected chi connectivity index (χ1v) is 7.71. The summed E-state index contributed by atoms with van der Waals surface area (Å²) in [6.45, 7) is 3.58. The van der Waals surface area contributed by atoms with Crippen LogP contribution in [0.3, 0.4) is 0 Å². The van der Waals surface area contributed by atoms with Gasteiger partial charge in [-0.3, -0.25) is 9.36 Å². The van der Waals surface area contributed by atoms with E-state index < -0.39 is 6.10 Å². The molecule has 2 aromatic carbocycles. The fraction of sp³-hybridized carbons (Fsp3) is 0.222. The van der Waals surface area contributed by atoms with Crippen LogP contribution in [-0.2, 0) is 7.05 Å². The van der Waals surface area contributed by atoms with Crippen LogP contribution in [-0.4, -0.2) is 14.7 Å². The third-order valence-corrected chi connectivity index (χ3v) is 4.16. The predicted molar refractivity (Wildman–Crippen MR) is 92.8 cm³/mol. The number of aromatic nitrogens is 2. The lowest BCUT2D eigenvalue weighted by Gasteiger charge is -2.14. The number of aryl methyl sites for hydroxylation is 1. The van der Waals surface area contributed by atoms with E-state index in [0.717, 1.165) is 11.1 Å². The maximum Gasteiger partial charge on any atom is 0.261 e. The van der Waals surface area contributed by atoms with Crippen LogP contribution >= 0.6 is 11.6 Å². The van der Waals surface area contributed by atoms with Gasteiger partial charge in [-0.1, -0.05) is 17.7 Å². The summed E-state index contributed by atoms with van der Waals surface area (Å²) in [4.78, 5) is 17.4. The smallest absolute Gasteiger partial charge is 0.261 e. The number of nitrogens with zero attached hydrogens (tertiary/aromatic N) is 2. The molecule has 1 N–H and O–H groups in total. The SMILES string of the molecule is Cc1cc(C(C)O)c2nc(-c3ccc(Cl)cc3)n(C)c(=O)c2c1. The molecule has 5 heteroatoms. The van der Waals surface area contributed by atoms with Crippen molar-refractivity contribution in [3.8, 4) is 11.4 Å². The molecule has 4 nitrogen and oxygen atoms in total. The first-order valence-electron chi connectivity index (χ1n) is 7.34. The number of aliphatic hydroxyl groups is 1. The fourth-order valence-corrected chi connectivity index (χ4v) is 2.85. The van der Waals surface area contributed by atoms with E-state index in [1.54, 1.807) is 26.1 Å². The van der Waals surface area contributed by atoms with Crippen molar-refractivity contribution in [2.45, 2.75) is 20.0 Å². The molecule has 1 unspecified atom stereocenters. The zero-order valence-electron chi connectivity index (χ0n) is 13.2. The van der Waals surface area contributed by atoms with Gasteiger partial charge in [0.25, 0.3) is 5.56 Å². The molecule has 0 bridgehead atoms. The van der Waals surface area contributed by atoms with E-state index in [9.17, 15) is 9.90 Å². The van der Waals surface area contributed by atoms with Gasteiger partial charge in [-0.05, 0) is 49.7 Å². The van der Waals surface area contributed by atoms with Gasteiger partial charge in [0.05, 0.1) is 17.0 Å². The van der Waals surface area contributed by atoms with E-state index in [4.69, 9.17) is 11.6 Å². The quantitative estimate of drug-likeness (QED) is 0.781. The molecule has 1 atom stereocenters. The van der Waals surface area contributed by atoms with Gasteiger partial charge in [0, 0.05) is 23.2 Å². The molecule has 0 fully saturated rings. The molecule has 0 spiro atoms. The predicted octanol–water partition coefficient (Wildman–Crippen LogP) is 3.62. The minimum atomic E-state index is -0.699. The first kappa shape index (κ1) is 15.7. The topological polar surface area (TPSA) is 55.1 Å². The van der Waals surface area contributed by atoms with Crippen LogP contribution in [0, 0.1) is 6.92 Å². The summed E-state index contributed by atoms with van der Waals surface area (Å²) in [5.74, 6) is 0.546. The van der Waals surface area contributed by atoms with Crippen molar-refractivity contribution < 1.29 is 5.11 Å². The van der Waals surface area contributed by atoms with Crippen LogP contribution < -0.4 is 5.56 Å². The van der Waals surface area contributed by atoms with Gasteiger partial charge in [0.15, 0.2) is 0 Å². The lowest BCUT2D eigenvalue weighted by Crippen LogP contribution is -2.21. The van der Waals surface area contributed by atoms with E-state index in [-0.39, 0.29) is 5.56 Å². The van der Waals surface area contributed by atoms with Gasteiger partial charge in [-0.25, -0.2) is 4.98 Å². The number of aliphatic hydroxyl groups excluding tert-OH is 1. The van der Waals surface area contributed by atoms with Crippen LogP contribution in [0.5, 0.6) is 0 Å².